The Bertz CT molecular complexity index is 1080. The van der Waals surface area contributed by atoms with E-state index in [0.717, 1.165) is 27.8 Å². The van der Waals surface area contributed by atoms with Crippen LogP contribution in [-0.4, -0.2) is 22.9 Å². The predicted molar refractivity (Wildman–Crippen MR) is 115 cm³/mol. The van der Waals surface area contributed by atoms with Crippen LogP contribution in [-0.2, 0) is 0 Å². The smallest absolute Gasteiger partial charge is 0.292 e. The molecule has 0 spiro atoms. The topological polar surface area (TPSA) is 88.8 Å². The summed E-state index contributed by atoms with van der Waals surface area (Å²) in [5.41, 5.74) is 4.63. The fourth-order valence-electron chi connectivity index (χ4n) is 2.66. The number of nitro benzene ring substituents is 1. The van der Waals surface area contributed by atoms with Crippen molar-refractivity contribution in [3.8, 4) is 5.75 Å². The number of nitrogens with one attached hydrogen (secondary N) is 2. The van der Waals surface area contributed by atoms with Gasteiger partial charge in [0, 0.05) is 6.07 Å². The van der Waals surface area contributed by atoms with Gasteiger partial charge >= 0.3 is 0 Å². The van der Waals surface area contributed by atoms with E-state index in [0.29, 0.717) is 5.69 Å². The van der Waals surface area contributed by atoms with E-state index < -0.39 is 4.92 Å². The number of para-hydroxylation sites is 2. The molecule has 0 aliphatic carbocycles. The van der Waals surface area contributed by atoms with Crippen molar-refractivity contribution in [2.24, 2.45) is 5.10 Å². The van der Waals surface area contributed by atoms with Gasteiger partial charge < -0.3 is 10.1 Å². The number of anilines is 1. The molecular weight excluding hydrogens is 376 g/mol. The maximum Gasteiger partial charge on any atom is 0.292 e. The van der Waals surface area contributed by atoms with Gasteiger partial charge in [0.25, 0.3) is 5.69 Å². The first-order chi connectivity index (χ1) is 13.5. The van der Waals surface area contributed by atoms with Gasteiger partial charge in [-0.3, -0.25) is 15.5 Å². The summed E-state index contributed by atoms with van der Waals surface area (Å²) in [5, 5.41) is 20.4. The van der Waals surface area contributed by atoms with Gasteiger partial charge in [-0.05, 0) is 59.7 Å². The van der Waals surface area contributed by atoms with Gasteiger partial charge in [0.05, 0.1) is 17.7 Å². The first kappa shape index (κ1) is 19.2. The second-order valence-electron chi connectivity index (χ2n) is 5.97. The van der Waals surface area contributed by atoms with Crippen molar-refractivity contribution in [2.75, 3.05) is 12.4 Å². The number of methoxy groups -OCH3 is 1. The highest BCUT2D eigenvalue weighted by molar-refractivity contribution is 7.80. The predicted octanol–water partition coefficient (Wildman–Crippen LogP) is 4.47. The van der Waals surface area contributed by atoms with Crippen molar-refractivity contribution in [3.63, 3.8) is 0 Å². The third-order valence-electron chi connectivity index (χ3n) is 4.14. The summed E-state index contributed by atoms with van der Waals surface area (Å²) in [6.07, 6.45) is 0. The lowest BCUT2D eigenvalue weighted by Crippen LogP contribution is -2.25. The zero-order chi connectivity index (χ0) is 20.1. The molecule has 0 aromatic heterocycles. The van der Waals surface area contributed by atoms with Gasteiger partial charge in [0.1, 0.15) is 11.4 Å². The van der Waals surface area contributed by atoms with Crippen molar-refractivity contribution in [3.05, 3.63) is 76.3 Å². The number of hydrogen-bond acceptors (Lipinski definition) is 5. The zero-order valence-electron chi connectivity index (χ0n) is 15.3. The Balaban J connectivity index is 1.72. The minimum absolute atomic E-state index is 0.0580. The van der Waals surface area contributed by atoms with Crippen molar-refractivity contribution in [1.82, 2.24) is 5.43 Å². The van der Waals surface area contributed by atoms with Crippen LogP contribution >= 0.6 is 12.2 Å². The molecule has 0 bridgehead atoms. The van der Waals surface area contributed by atoms with E-state index in [1.807, 2.05) is 43.3 Å². The van der Waals surface area contributed by atoms with Crippen LogP contribution < -0.4 is 15.5 Å². The van der Waals surface area contributed by atoms with Gasteiger partial charge in [0.2, 0.25) is 0 Å². The number of fused-ring (bicyclic) bond motifs is 1. The maximum atomic E-state index is 11.1. The highest BCUT2D eigenvalue weighted by Crippen LogP contribution is 2.23. The molecule has 0 atom stereocenters. The van der Waals surface area contributed by atoms with Gasteiger partial charge in [-0.1, -0.05) is 30.3 Å². The van der Waals surface area contributed by atoms with Crippen LogP contribution in [0.25, 0.3) is 10.8 Å². The Morgan fingerprint density at radius 3 is 2.57 bits per heavy atom. The van der Waals surface area contributed by atoms with Crippen LogP contribution in [0.2, 0.25) is 0 Å². The van der Waals surface area contributed by atoms with E-state index in [1.165, 1.54) is 6.07 Å². The highest BCUT2D eigenvalue weighted by atomic mass is 32.1. The molecule has 3 aromatic rings. The number of benzene rings is 3. The molecule has 0 unspecified atom stereocenters. The molecule has 0 heterocycles. The normalized spacial score (nSPS) is 11.1. The molecule has 8 heteroatoms. The molecule has 28 heavy (non-hydrogen) atoms. The van der Waals surface area contributed by atoms with Crippen LogP contribution in [0.5, 0.6) is 5.75 Å². The third-order valence-corrected chi connectivity index (χ3v) is 4.33. The van der Waals surface area contributed by atoms with Crippen molar-refractivity contribution < 1.29 is 9.66 Å². The number of nitrogens with zero attached hydrogens (tertiary/aromatic N) is 2. The van der Waals surface area contributed by atoms with Crippen LogP contribution in [0, 0.1) is 10.1 Å². The molecule has 0 amide bonds. The zero-order valence-corrected chi connectivity index (χ0v) is 16.1. The third kappa shape index (κ3) is 4.41. The summed E-state index contributed by atoms with van der Waals surface area (Å²) in [7, 11) is 1.64. The molecule has 2 N–H and O–H groups in total. The molecule has 142 valence electrons. The monoisotopic (exact) mass is 394 g/mol. The minimum Gasteiger partial charge on any atom is -0.497 e. The number of ether oxygens (including phenoxy) is 1. The molecule has 3 aromatic carbocycles. The van der Waals surface area contributed by atoms with E-state index in [9.17, 15) is 10.1 Å². The Kier molecular flexibility index (Phi) is 5.81. The molecule has 7 nitrogen and oxygen atoms in total. The molecule has 0 saturated heterocycles. The van der Waals surface area contributed by atoms with E-state index in [-0.39, 0.29) is 10.8 Å². The lowest BCUT2D eigenvalue weighted by atomic mass is 10.0. The molecular formula is C20H18N4O3S. The largest absolute Gasteiger partial charge is 0.497 e. The first-order valence-electron chi connectivity index (χ1n) is 8.41. The van der Waals surface area contributed by atoms with Gasteiger partial charge in [0.15, 0.2) is 5.11 Å². The van der Waals surface area contributed by atoms with Crippen molar-refractivity contribution >= 4 is 45.2 Å². The molecule has 3 rings (SSSR count). The fraction of sp³-hybridized carbons (Fsp3) is 0.100. The second-order valence-corrected chi connectivity index (χ2v) is 6.37. The standard InChI is InChI=1S/C20H18N4O3S/c1-13(14-7-8-16-12-17(27-2)10-9-15(16)11-14)22-23-20(28)21-18-5-3-4-6-19(18)24(25)26/h3-12H,1-2H3,(H2,21,23,28)/b22-13+. The minimum atomic E-state index is -0.469. The van der Waals surface area contributed by atoms with Gasteiger partial charge in [-0.15, -0.1) is 0 Å². The van der Waals surface area contributed by atoms with Gasteiger partial charge in [-0.2, -0.15) is 5.10 Å². The highest BCUT2D eigenvalue weighted by Gasteiger charge is 2.13. The van der Waals surface area contributed by atoms with Crippen LogP contribution in [0.1, 0.15) is 12.5 Å². The van der Waals surface area contributed by atoms with E-state index >= 15 is 0 Å². The van der Waals surface area contributed by atoms with Crippen LogP contribution in [0.3, 0.4) is 0 Å². The molecule has 0 aliphatic heterocycles. The number of nitro groups is 1. The maximum absolute atomic E-state index is 11.1. The van der Waals surface area contributed by atoms with Gasteiger partial charge in [-0.25, -0.2) is 0 Å². The number of thiocarbonyl (C=S) groups is 1. The fourth-order valence-corrected chi connectivity index (χ4v) is 2.82. The quantitative estimate of drug-likeness (QED) is 0.287. The second kappa shape index (κ2) is 8.45. The number of hydrazone groups is 1. The number of rotatable bonds is 5. The average molecular weight is 394 g/mol. The van der Waals surface area contributed by atoms with Crippen molar-refractivity contribution in [2.45, 2.75) is 6.92 Å². The summed E-state index contributed by atoms with van der Waals surface area (Å²) in [6.45, 7) is 1.85. The van der Waals surface area contributed by atoms with Crippen molar-refractivity contribution in [1.29, 1.82) is 0 Å². The lowest BCUT2D eigenvalue weighted by Gasteiger charge is -2.09. The van der Waals surface area contributed by atoms with Crippen LogP contribution in [0.15, 0.2) is 65.8 Å². The van der Waals surface area contributed by atoms with E-state index in [4.69, 9.17) is 17.0 Å². The molecule has 0 saturated carbocycles. The summed E-state index contributed by atoms with van der Waals surface area (Å²) in [4.78, 5) is 10.6. The SMILES string of the molecule is COc1ccc2cc(/C(C)=N/NC(=S)Nc3ccccc3[N+](=O)[O-])ccc2c1. The Morgan fingerprint density at radius 2 is 1.82 bits per heavy atom. The summed E-state index contributed by atoms with van der Waals surface area (Å²) < 4.78 is 5.24. The Morgan fingerprint density at radius 1 is 1.11 bits per heavy atom. The lowest BCUT2D eigenvalue weighted by molar-refractivity contribution is -0.383. The average Bonchev–Trinajstić information content (AvgIpc) is 2.71. The summed E-state index contributed by atoms with van der Waals surface area (Å²) >= 11 is 5.19. The Hall–Kier alpha value is -3.52. The van der Waals surface area contributed by atoms with Crippen LogP contribution in [0.4, 0.5) is 11.4 Å². The molecule has 0 fully saturated rings. The summed E-state index contributed by atoms with van der Waals surface area (Å²) in [6, 6.07) is 18.1. The molecule has 0 radical (unpaired) electrons. The Labute approximate surface area is 167 Å². The first-order valence-corrected chi connectivity index (χ1v) is 8.81. The molecule has 0 aliphatic rings. The van der Waals surface area contributed by atoms with E-state index in [1.54, 1.807) is 25.3 Å². The number of hydrogen-bond donors (Lipinski definition) is 2. The van der Waals surface area contributed by atoms with E-state index in [2.05, 4.69) is 15.8 Å². The summed E-state index contributed by atoms with van der Waals surface area (Å²) in [5.74, 6) is 0.804.